The van der Waals surface area contributed by atoms with Crippen molar-refractivity contribution in [1.82, 2.24) is 0 Å². The van der Waals surface area contributed by atoms with Crippen molar-refractivity contribution in [1.29, 1.82) is 0 Å². The van der Waals surface area contributed by atoms with Crippen LogP contribution in [-0.4, -0.2) is 67.4 Å². The molecule has 0 fully saturated rings. The van der Waals surface area contributed by atoms with Crippen molar-refractivity contribution >= 4 is 59.2 Å². The largest absolute Gasteiger partial charge is 0.471 e. The van der Waals surface area contributed by atoms with Gasteiger partial charge >= 0.3 is 7.82 Å². The Hall–Kier alpha value is 1.71. The van der Waals surface area contributed by atoms with Gasteiger partial charge in [-0.05, 0) is 6.42 Å². The van der Waals surface area contributed by atoms with Crippen molar-refractivity contribution in [3.8, 4) is 0 Å². The van der Waals surface area contributed by atoms with Gasteiger partial charge in [-0.25, -0.2) is 4.57 Å². The molecule has 0 bridgehead atoms. The number of phosphoric ester groups is 1. The number of phosphoric acid groups is 1. The summed E-state index contributed by atoms with van der Waals surface area (Å²) in [5.41, 5.74) is 5.04. The Morgan fingerprint density at radius 2 is 2.10 bits per heavy atom. The van der Waals surface area contributed by atoms with Crippen LogP contribution in [0.15, 0.2) is 0 Å². The van der Waals surface area contributed by atoms with E-state index in [1.54, 1.807) is 6.92 Å². The molecule has 57 valence electrons. The topological polar surface area (TPSA) is 92.8 Å². The molecule has 0 aliphatic heterocycles. The summed E-state index contributed by atoms with van der Waals surface area (Å²) in [4.78, 5) is 16.3. The molecular formula is C3H10KNO4P. The van der Waals surface area contributed by atoms with E-state index < -0.39 is 14.1 Å². The maximum atomic E-state index is 9.99. The van der Waals surface area contributed by atoms with E-state index in [0.29, 0.717) is 6.42 Å². The molecule has 0 rings (SSSR count). The molecule has 10 heavy (non-hydrogen) atoms. The molecule has 0 saturated carbocycles. The van der Waals surface area contributed by atoms with E-state index in [9.17, 15) is 4.57 Å². The van der Waals surface area contributed by atoms with E-state index in [2.05, 4.69) is 4.52 Å². The Balaban J connectivity index is 0. The second-order valence-electron chi connectivity index (χ2n) is 1.54. The standard InChI is InChI=1S/C3H10NO4P.K/c1-2-3(4)8-9(5,6)7;/h3H,2,4H2,1H3,(H2,5,6,7);. The summed E-state index contributed by atoms with van der Waals surface area (Å²) in [7, 11) is -4.36. The zero-order chi connectivity index (χ0) is 7.49. The first-order valence-electron chi connectivity index (χ1n) is 2.45. The molecule has 1 radical (unpaired) electrons. The zero-order valence-corrected chi connectivity index (χ0v) is 10.0. The van der Waals surface area contributed by atoms with Crippen LogP contribution in [0, 0.1) is 0 Å². The molecule has 0 saturated heterocycles. The summed E-state index contributed by atoms with van der Waals surface area (Å²) in [6.45, 7) is 1.67. The summed E-state index contributed by atoms with van der Waals surface area (Å²) >= 11 is 0. The number of hydrogen-bond donors (Lipinski definition) is 3. The van der Waals surface area contributed by atoms with Gasteiger partial charge < -0.3 is 15.5 Å². The second-order valence-corrected chi connectivity index (χ2v) is 2.73. The van der Waals surface area contributed by atoms with Gasteiger partial charge in [-0.15, -0.1) is 0 Å². The van der Waals surface area contributed by atoms with Crippen LogP contribution in [0.25, 0.3) is 0 Å². The van der Waals surface area contributed by atoms with E-state index in [4.69, 9.17) is 15.5 Å². The predicted octanol–water partition coefficient (Wildman–Crippen LogP) is -0.590. The Morgan fingerprint density at radius 1 is 1.70 bits per heavy atom. The van der Waals surface area contributed by atoms with Crippen LogP contribution in [0.5, 0.6) is 0 Å². The fourth-order valence-corrected chi connectivity index (χ4v) is 0.753. The average Bonchev–Trinajstić information content (AvgIpc) is 1.62. The minimum Gasteiger partial charge on any atom is -0.306 e. The van der Waals surface area contributed by atoms with Crippen LogP contribution in [0.4, 0.5) is 0 Å². The summed E-state index contributed by atoms with van der Waals surface area (Å²) in [6.07, 6.45) is -0.490. The molecule has 1 unspecified atom stereocenters. The van der Waals surface area contributed by atoms with Gasteiger partial charge in [0, 0.05) is 51.4 Å². The zero-order valence-electron chi connectivity index (χ0n) is 6.02. The van der Waals surface area contributed by atoms with E-state index >= 15 is 0 Å². The quantitative estimate of drug-likeness (QED) is 0.317. The van der Waals surface area contributed by atoms with E-state index in [-0.39, 0.29) is 51.4 Å². The molecule has 0 aliphatic rings. The first kappa shape index (κ1) is 14.2. The van der Waals surface area contributed by atoms with Crippen LogP contribution in [0.1, 0.15) is 13.3 Å². The molecule has 0 heterocycles. The SMILES string of the molecule is CCC(N)OP(=O)(O)O.[K]. The molecule has 5 nitrogen and oxygen atoms in total. The third-order valence-corrected chi connectivity index (χ3v) is 1.22. The molecule has 1 atom stereocenters. The Labute approximate surface area is 102 Å². The minimum absolute atomic E-state index is 0. The predicted molar refractivity (Wildman–Crippen MR) is 37.1 cm³/mol. The van der Waals surface area contributed by atoms with Gasteiger partial charge in [-0.3, -0.25) is 4.52 Å². The molecule has 7 heteroatoms. The van der Waals surface area contributed by atoms with Crippen molar-refractivity contribution in [3.63, 3.8) is 0 Å². The number of hydrogen-bond acceptors (Lipinski definition) is 3. The molecule has 0 aromatic heterocycles. The van der Waals surface area contributed by atoms with Crippen LogP contribution in [0.2, 0.25) is 0 Å². The number of nitrogens with two attached hydrogens (primary N) is 1. The fourth-order valence-electron chi connectivity index (χ4n) is 0.251. The molecule has 0 amide bonds. The summed E-state index contributed by atoms with van der Waals surface area (Å²) in [5, 5.41) is 0. The maximum Gasteiger partial charge on any atom is 0.471 e. The van der Waals surface area contributed by atoms with Gasteiger partial charge in [-0.2, -0.15) is 0 Å². The number of rotatable bonds is 3. The van der Waals surface area contributed by atoms with Gasteiger partial charge in [-0.1, -0.05) is 6.92 Å². The molecular weight excluding hydrogens is 184 g/mol. The Bertz CT molecular complexity index is 126. The van der Waals surface area contributed by atoms with Crippen molar-refractivity contribution < 1.29 is 18.9 Å². The third-order valence-electron chi connectivity index (χ3n) is 0.675. The first-order chi connectivity index (χ1) is 3.95. The molecule has 0 aromatic carbocycles. The normalized spacial score (nSPS) is 14.0. The summed E-state index contributed by atoms with van der Waals surface area (Å²) in [6, 6.07) is 0. The smallest absolute Gasteiger partial charge is 0.306 e. The summed E-state index contributed by atoms with van der Waals surface area (Å²) in [5.74, 6) is 0. The van der Waals surface area contributed by atoms with Crippen molar-refractivity contribution in [2.24, 2.45) is 5.73 Å². The minimum atomic E-state index is -4.36. The van der Waals surface area contributed by atoms with Crippen LogP contribution < -0.4 is 5.73 Å². The molecule has 0 aliphatic carbocycles. The maximum absolute atomic E-state index is 9.99. The van der Waals surface area contributed by atoms with Crippen molar-refractivity contribution in [3.05, 3.63) is 0 Å². The Kier molecular flexibility index (Phi) is 8.90. The van der Waals surface area contributed by atoms with Crippen LogP contribution in [-0.2, 0) is 9.09 Å². The van der Waals surface area contributed by atoms with Crippen LogP contribution >= 0.6 is 7.82 Å². The first-order valence-corrected chi connectivity index (χ1v) is 3.98. The van der Waals surface area contributed by atoms with Gasteiger partial charge in [0.05, 0.1) is 0 Å². The molecule has 0 spiro atoms. The van der Waals surface area contributed by atoms with Crippen LogP contribution in [0.3, 0.4) is 0 Å². The second kappa shape index (κ2) is 6.25. The molecule has 0 aromatic rings. The van der Waals surface area contributed by atoms with E-state index in [0.717, 1.165) is 0 Å². The molecule has 4 N–H and O–H groups in total. The van der Waals surface area contributed by atoms with Gasteiger partial charge in [0.15, 0.2) is 0 Å². The summed E-state index contributed by atoms with van der Waals surface area (Å²) < 4.78 is 14.0. The van der Waals surface area contributed by atoms with Gasteiger partial charge in [0.2, 0.25) is 0 Å². The third kappa shape index (κ3) is 9.71. The van der Waals surface area contributed by atoms with Gasteiger partial charge in [0.25, 0.3) is 0 Å². The fraction of sp³-hybridized carbons (Fsp3) is 1.00. The van der Waals surface area contributed by atoms with Crippen molar-refractivity contribution in [2.75, 3.05) is 0 Å². The van der Waals surface area contributed by atoms with Crippen molar-refractivity contribution in [2.45, 2.75) is 19.6 Å². The van der Waals surface area contributed by atoms with E-state index in [1.165, 1.54) is 0 Å². The van der Waals surface area contributed by atoms with E-state index in [1.807, 2.05) is 0 Å². The monoisotopic (exact) mass is 194 g/mol. The average molecular weight is 194 g/mol. The van der Waals surface area contributed by atoms with Gasteiger partial charge in [0.1, 0.15) is 6.23 Å². The Morgan fingerprint density at radius 3 is 2.20 bits per heavy atom.